The van der Waals surface area contributed by atoms with E-state index in [1.54, 1.807) is 24.3 Å². The van der Waals surface area contributed by atoms with Crippen molar-refractivity contribution < 1.29 is 14.7 Å². The summed E-state index contributed by atoms with van der Waals surface area (Å²) in [6.45, 7) is 3.73. The van der Waals surface area contributed by atoms with Crippen LogP contribution in [-0.2, 0) is 0 Å². The first-order valence-electron chi connectivity index (χ1n) is 8.50. The van der Waals surface area contributed by atoms with Crippen LogP contribution >= 0.6 is 45.5 Å². The van der Waals surface area contributed by atoms with Crippen LogP contribution in [0.1, 0.15) is 33.9 Å². The average molecular weight is 526 g/mol. The second-order valence-electron chi connectivity index (χ2n) is 6.39. The van der Waals surface area contributed by atoms with Crippen LogP contribution in [0.4, 0.5) is 5.69 Å². The van der Waals surface area contributed by atoms with Crippen LogP contribution in [0.2, 0.25) is 5.02 Å². The smallest absolute Gasteiger partial charge is 0.348 e. The monoisotopic (exact) mass is 525 g/mol. The average Bonchev–Trinajstić information content (AvgIpc) is 3.07. The lowest BCUT2D eigenvalue weighted by atomic mass is 10.1. The van der Waals surface area contributed by atoms with E-state index < -0.39 is 5.97 Å². The van der Waals surface area contributed by atoms with Gasteiger partial charge in [-0.1, -0.05) is 41.9 Å². The lowest BCUT2D eigenvalue weighted by Crippen LogP contribution is -2.38. The molecule has 0 radical (unpaired) electrons. The number of thiophene rings is 1. The first-order chi connectivity index (χ1) is 13.3. The Kier molecular flexibility index (Phi) is 6.42. The first-order valence-corrected chi connectivity index (χ1v) is 10.8. The molecule has 0 atom stereocenters. The summed E-state index contributed by atoms with van der Waals surface area (Å²) in [4.78, 5) is 27.7. The van der Waals surface area contributed by atoms with Gasteiger partial charge in [0.2, 0.25) is 0 Å². The number of nitrogens with zero attached hydrogens (tertiary/aromatic N) is 1. The highest BCUT2D eigenvalue weighted by atomic mass is 127. The standard InChI is InChI=1S/C21H17ClINO3S/c1-12(2)24(20(25)15-9-8-14(22)10-16(15)23)17-11-18(28-19(17)21(26)27)13-6-4-3-5-7-13/h3-12H,1-2H3,(H,26,27). The molecule has 0 bridgehead atoms. The molecule has 144 valence electrons. The number of amides is 1. The van der Waals surface area contributed by atoms with Crippen molar-refractivity contribution in [3.8, 4) is 10.4 Å². The van der Waals surface area contributed by atoms with Gasteiger partial charge in [0.15, 0.2) is 0 Å². The number of rotatable bonds is 5. The van der Waals surface area contributed by atoms with E-state index in [1.807, 2.05) is 44.2 Å². The number of carbonyl (C=O) groups is 2. The minimum Gasteiger partial charge on any atom is -0.477 e. The molecular formula is C21H17ClINO3S. The number of hydrogen-bond acceptors (Lipinski definition) is 3. The molecule has 0 saturated heterocycles. The van der Waals surface area contributed by atoms with E-state index in [0.29, 0.717) is 16.3 Å². The number of halogens is 2. The summed E-state index contributed by atoms with van der Waals surface area (Å²) in [7, 11) is 0. The number of carboxylic acids is 1. The molecule has 1 heterocycles. The van der Waals surface area contributed by atoms with Crippen molar-refractivity contribution in [2.75, 3.05) is 4.90 Å². The van der Waals surface area contributed by atoms with Crippen LogP contribution in [0.15, 0.2) is 54.6 Å². The second kappa shape index (κ2) is 8.63. The van der Waals surface area contributed by atoms with Gasteiger partial charge in [-0.15, -0.1) is 11.3 Å². The molecule has 7 heteroatoms. The van der Waals surface area contributed by atoms with E-state index in [4.69, 9.17) is 11.6 Å². The topological polar surface area (TPSA) is 57.6 Å². The molecule has 28 heavy (non-hydrogen) atoms. The maximum atomic E-state index is 13.3. The van der Waals surface area contributed by atoms with E-state index in [-0.39, 0.29) is 16.8 Å². The zero-order valence-corrected chi connectivity index (χ0v) is 18.9. The van der Waals surface area contributed by atoms with Gasteiger partial charge < -0.3 is 10.0 Å². The molecule has 0 unspecified atom stereocenters. The van der Waals surface area contributed by atoms with Crippen LogP contribution in [0.3, 0.4) is 0 Å². The third-order valence-electron chi connectivity index (χ3n) is 4.12. The quantitative estimate of drug-likeness (QED) is 0.391. The van der Waals surface area contributed by atoms with Crippen LogP contribution in [0.25, 0.3) is 10.4 Å². The summed E-state index contributed by atoms with van der Waals surface area (Å²) >= 11 is 9.25. The molecule has 1 amide bonds. The maximum absolute atomic E-state index is 13.3. The summed E-state index contributed by atoms with van der Waals surface area (Å²) in [5.41, 5.74) is 1.81. The SMILES string of the molecule is CC(C)N(C(=O)c1ccc(Cl)cc1I)c1cc(-c2ccccc2)sc1C(=O)O. The van der Waals surface area contributed by atoms with Gasteiger partial charge >= 0.3 is 5.97 Å². The molecule has 2 aromatic carbocycles. The van der Waals surface area contributed by atoms with Gasteiger partial charge in [-0.3, -0.25) is 4.79 Å². The number of aromatic carboxylic acids is 1. The second-order valence-corrected chi connectivity index (χ2v) is 9.04. The lowest BCUT2D eigenvalue weighted by Gasteiger charge is -2.27. The zero-order chi connectivity index (χ0) is 20.4. The lowest BCUT2D eigenvalue weighted by molar-refractivity contribution is 0.0703. The summed E-state index contributed by atoms with van der Waals surface area (Å²) in [5.74, 6) is -1.30. The van der Waals surface area contributed by atoms with Crippen LogP contribution in [-0.4, -0.2) is 23.0 Å². The molecule has 1 aromatic heterocycles. The summed E-state index contributed by atoms with van der Waals surface area (Å²) in [6.07, 6.45) is 0. The fourth-order valence-corrected chi connectivity index (χ4v) is 4.97. The molecule has 1 N–H and O–H groups in total. The van der Waals surface area contributed by atoms with Crippen molar-refractivity contribution >= 4 is 63.1 Å². The summed E-state index contributed by atoms with van der Waals surface area (Å²) in [5, 5.41) is 10.3. The van der Waals surface area contributed by atoms with Crippen LogP contribution in [0, 0.1) is 3.57 Å². The van der Waals surface area contributed by atoms with E-state index in [9.17, 15) is 14.7 Å². The number of benzene rings is 2. The number of anilines is 1. The zero-order valence-electron chi connectivity index (χ0n) is 15.1. The van der Waals surface area contributed by atoms with Gasteiger partial charge in [0.25, 0.3) is 5.91 Å². The van der Waals surface area contributed by atoms with Crippen molar-refractivity contribution in [2.24, 2.45) is 0 Å². The van der Waals surface area contributed by atoms with E-state index in [2.05, 4.69) is 22.6 Å². The molecule has 0 fully saturated rings. The van der Waals surface area contributed by atoms with Crippen molar-refractivity contribution in [3.05, 3.63) is 73.6 Å². The Bertz CT molecular complexity index is 1030. The minimum atomic E-state index is -1.05. The first kappa shape index (κ1) is 20.8. The fourth-order valence-electron chi connectivity index (χ4n) is 2.87. The Hall–Kier alpha value is -1.90. The molecule has 0 saturated carbocycles. The Balaban J connectivity index is 2.13. The van der Waals surface area contributed by atoms with Gasteiger partial charge in [-0.05, 0) is 66.3 Å². The Labute approximate surface area is 185 Å². The minimum absolute atomic E-state index is 0.143. The highest BCUT2D eigenvalue weighted by Gasteiger charge is 2.29. The molecule has 0 aliphatic carbocycles. The third-order valence-corrected chi connectivity index (χ3v) is 6.41. The molecule has 0 aliphatic rings. The number of carbonyl (C=O) groups excluding carboxylic acids is 1. The normalized spacial score (nSPS) is 10.9. The van der Waals surface area contributed by atoms with Gasteiger partial charge in [-0.2, -0.15) is 0 Å². The number of carboxylic acid groups (broad SMARTS) is 1. The molecule has 0 aliphatic heterocycles. The van der Waals surface area contributed by atoms with Crippen molar-refractivity contribution in [1.29, 1.82) is 0 Å². The highest BCUT2D eigenvalue weighted by molar-refractivity contribution is 14.1. The van der Waals surface area contributed by atoms with E-state index in [1.165, 1.54) is 16.2 Å². The maximum Gasteiger partial charge on any atom is 0.348 e. The predicted molar refractivity (Wildman–Crippen MR) is 123 cm³/mol. The van der Waals surface area contributed by atoms with Crippen molar-refractivity contribution in [1.82, 2.24) is 0 Å². The molecule has 3 rings (SSSR count). The largest absolute Gasteiger partial charge is 0.477 e. The molecule has 0 spiro atoms. The Morgan fingerprint density at radius 1 is 1.11 bits per heavy atom. The van der Waals surface area contributed by atoms with Crippen molar-refractivity contribution in [3.63, 3.8) is 0 Å². The van der Waals surface area contributed by atoms with Gasteiger partial charge in [0, 0.05) is 19.5 Å². The van der Waals surface area contributed by atoms with E-state index in [0.717, 1.165) is 14.0 Å². The van der Waals surface area contributed by atoms with E-state index >= 15 is 0 Å². The van der Waals surface area contributed by atoms with Crippen molar-refractivity contribution in [2.45, 2.75) is 19.9 Å². The van der Waals surface area contributed by atoms with Gasteiger partial charge in [-0.25, -0.2) is 4.79 Å². The highest BCUT2D eigenvalue weighted by Crippen LogP contribution is 2.38. The van der Waals surface area contributed by atoms with Gasteiger partial charge in [0.05, 0.1) is 11.3 Å². The van der Waals surface area contributed by atoms with Crippen LogP contribution < -0.4 is 4.90 Å². The number of hydrogen-bond donors (Lipinski definition) is 1. The predicted octanol–water partition coefficient (Wildman–Crippen LogP) is 6.43. The molecular weight excluding hydrogens is 509 g/mol. The summed E-state index contributed by atoms with van der Waals surface area (Å²) < 4.78 is 0.719. The van der Waals surface area contributed by atoms with Crippen LogP contribution in [0.5, 0.6) is 0 Å². The fraction of sp³-hybridized carbons (Fsp3) is 0.143. The van der Waals surface area contributed by atoms with Gasteiger partial charge in [0.1, 0.15) is 4.88 Å². The Morgan fingerprint density at radius 2 is 1.79 bits per heavy atom. The third kappa shape index (κ3) is 4.24. The molecule has 4 nitrogen and oxygen atoms in total. The summed E-state index contributed by atoms with van der Waals surface area (Å²) in [6, 6.07) is 16.2. The molecule has 3 aromatic rings. The Morgan fingerprint density at radius 3 is 2.36 bits per heavy atom.